The third-order valence-electron chi connectivity index (χ3n) is 6.13. The second kappa shape index (κ2) is 19.7. The van der Waals surface area contributed by atoms with E-state index in [4.69, 9.17) is 38.9 Å². The Morgan fingerprint density at radius 2 is 1.35 bits per heavy atom. The Balaban J connectivity index is 1.13. The predicted molar refractivity (Wildman–Crippen MR) is 163 cm³/mol. The van der Waals surface area contributed by atoms with E-state index >= 15 is 0 Å². The molecular formula is C33H44N2O8. The molecule has 2 aromatic carbocycles. The number of esters is 1. The summed E-state index contributed by atoms with van der Waals surface area (Å²) in [5, 5.41) is 0. The van der Waals surface area contributed by atoms with E-state index in [1.54, 1.807) is 6.20 Å². The molecule has 234 valence electrons. The predicted octanol–water partition coefficient (Wildman–Crippen LogP) is 4.15. The van der Waals surface area contributed by atoms with Gasteiger partial charge in [-0.2, -0.15) is 0 Å². The van der Waals surface area contributed by atoms with Gasteiger partial charge in [-0.3, -0.25) is 4.98 Å². The number of rotatable bonds is 22. The van der Waals surface area contributed by atoms with Crippen LogP contribution in [0.15, 0.2) is 73.1 Å². The van der Waals surface area contributed by atoms with Crippen LogP contribution < -0.4 is 10.5 Å². The fourth-order valence-corrected chi connectivity index (χ4v) is 3.83. The summed E-state index contributed by atoms with van der Waals surface area (Å²) in [6.45, 7) is 8.28. The number of nitrogens with zero attached hydrogens (tertiary/aromatic N) is 1. The molecule has 0 aliphatic heterocycles. The third kappa shape index (κ3) is 14.1. The van der Waals surface area contributed by atoms with Crippen LogP contribution in [0.25, 0.3) is 11.1 Å². The quantitative estimate of drug-likeness (QED) is 0.134. The summed E-state index contributed by atoms with van der Waals surface area (Å²) in [5.41, 5.74) is 9.67. The van der Waals surface area contributed by atoms with Crippen LogP contribution in [0, 0.1) is 0 Å². The van der Waals surface area contributed by atoms with Crippen molar-refractivity contribution in [3.8, 4) is 16.9 Å². The lowest BCUT2D eigenvalue weighted by Gasteiger charge is -2.21. The molecule has 0 aliphatic rings. The van der Waals surface area contributed by atoms with Crippen molar-refractivity contribution in [2.45, 2.75) is 26.0 Å². The number of hydrogen-bond acceptors (Lipinski definition) is 10. The topological polar surface area (TPSA) is 121 Å². The zero-order chi connectivity index (χ0) is 30.6. The summed E-state index contributed by atoms with van der Waals surface area (Å²) < 4.78 is 38.6. The zero-order valence-electron chi connectivity index (χ0n) is 25.2. The van der Waals surface area contributed by atoms with Crippen molar-refractivity contribution in [1.29, 1.82) is 0 Å². The van der Waals surface area contributed by atoms with Crippen molar-refractivity contribution < 1.29 is 38.0 Å². The minimum atomic E-state index is -0.479. The van der Waals surface area contributed by atoms with Crippen molar-refractivity contribution in [3.63, 3.8) is 0 Å². The van der Waals surface area contributed by atoms with Crippen LogP contribution in [0.1, 0.15) is 25.0 Å². The number of hydrogen-bond donors (Lipinski definition) is 1. The molecule has 0 spiro atoms. The first kappa shape index (κ1) is 34.1. The smallest absolute Gasteiger partial charge is 0.332 e. The Morgan fingerprint density at radius 3 is 1.93 bits per heavy atom. The van der Waals surface area contributed by atoms with E-state index < -0.39 is 11.5 Å². The minimum Gasteiger partial charge on any atom is -0.491 e. The van der Waals surface area contributed by atoms with Crippen molar-refractivity contribution in [2.24, 2.45) is 5.73 Å². The standard InChI is InChI=1S/C33H44N2O8/c1-33(2,34)29-10-11-30(28-9-6-12-35-24-28)31(23-29)42-22-21-40-18-17-38-14-13-37-15-16-39-19-20-41-26-32(36)43-25-27-7-4-3-5-8-27/h3-12,23-24H,13-22,25-26,34H2,1-2H3. The number of ether oxygens (including phenoxy) is 7. The van der Waals surface area contributed by atoms with Gasteiger partial charge in [-0.1, -0.05) is 48.5 Å². The largest absolute Gasteiger partial charge is 0.491 e. The number of benzene rings is 2. The van der Waals surface area contributed by atoms with Gasteiger partial charge in [0.15, 0.2) is 0 Å². The molecule has 0 atom stereocenters. The lowest BCUT2D eigenvalue weighted by Crippen LogP contribution is -2.28. The second-order valence-corrected chi connectivity index (χ2v) is 10.2. The molecule has 43 heavy (non-hydrogen) atoms. The Kier molecular flexibility index (Phi) is 15.7. The molecule has 3 rings (SSSR count). The van der Waals surface area contributed by atoms with Gasteiger partial charge in [0.05, 0.1) is 59.5 Å². The van der Waals surface area contributed by atoms with Gasteiger partial charge in [-0.25, -0.2) is 4.79 Å². The Labute approximate surface area is 254 Å². The molecule has 2 N–H and O–H groups in total. The molecule has 0 fully saturated rings. The molecular weight excluding hydrogens is 552 g/mol. The van der Waals surface area contributed by atoms with E-state index in [9.17, 15) is 4.79 Å². The Morgan fingerprint density at radius 1 is 0.744 bits per heavy atom. The van der Waals surface area contributed by atoms with Crippen molar-refractivity contribution in [3.05, 3.63) is 84.2 Å². The number of pyridine rings is 1. The zero-order valence-corrected chi connectivity index (χ0v) is 25.2. The lowest BCUT2D eigenvalue weighted by atomic mass is 9.93. The first-order valence-corrected chi connectivity index (χ1v) is 14.5. The molecule has 0 radical (unpaired) electrons. The minimum absolute atomic E-state index is 0.102. The number of nitrogens with two attached hydrogens (primary N) is 1. The Bertz CT molecular complexity index is 1170. The number of carbonyl (C=O) groups is 1. The van der Waals surface area contributed by atoms with Crippen molar-refractivity contribution in [1.82, 2.24) is 4.98 Å². The number of aromatic nitrogens is 1. The molecule has 0 unspecified atom stereocenters. The summed E-state index contributed by atoms with van der Waals surface area (Å²) in [5.74, 6) is 0.343. The van der Waals surface area contributed by atoms with E-state index in [1.807, 2.05) is 80.7 Å². The highest BCUT2D eigenvalue weighted by Crippen LogP contribution is 2.33. The van der Waals surface area contributed by atoms with Crippen molar-refractivity contribution in [2.75, 3.05) is 72.7 Å². The molecule has 0 saturated heterocycles. The van der Waals surface area contributed by atoms with Gasteiger partial charge in [0.1, 0.15) is 25.6 Å². The van der Waals surface area contributed by atoms with Gasteiger partial charge in [-0.15, -0.1) is 0 Å². The van der Waals surface area contributed by atoms with E-state index in [0.717, 1.165) is 28.0 Å². The van der Waals surface area contributed by atoms with E-state index in [-0.39, 0.29) is 13.2 Å². The molecule has 10 nitrogen and oxygen atoms in total. The molecule has 3 aromatic rings. The lowest BCUT2D eigenvalue weighted by molar-refractivity contribution is -0.150. The molecule has 0 aliphatic carbocycles. The van der Waals surface area contributed by atoms with E-state index in [1.165, 1.54) is 0 Å². The third-order valence-corrected chi connectivity index (χ3v) is 6.13. The van der Waals surface area contributed by atoms with Gasteiger partial charge < -0.3 is 38.9 Å². The average Bonchev–Trinajstić information content (AvgIpc) is 3.02. The molecule has 0 saturated carbocycles. The van der Waals surface area contributed by atoms with Gasteiger partial charge in [0.2, 0.25) is 0 Å². The fraction of sp³-hybridized carbons (Fsp3) is 0.455. The number of carbonyl (C=O) groups excluding carboxylic acids is 1. The summed E-state index contributed by atoms with van der Waals surface area (Å²) in [6, 6.07) is 19.4. The molecule has 1 heterocycles. The molecule has 0 amide bonds. The monoisotopic (exact) mass is 596 g/mol. The summed E-state index contributed by atoms with van der Waals surface area (Å²) in [4.78, 5) is 15.9. The summed E-state index contributed by atoms with van der Waals surface area (Å²) >= 11 is 0. The van der Waals surface area contributed by atoms with Gasteiger partial charge in [-0.05, 0) is 37.1 Å². The van der Waals surface area contributed by atoms with Crippen LogP contribution in [-0.2, 0) is 45.4 Å². The van der Waals surface area contributed by atoms with Crippen molar-refractivity contribution >= 4 is 5.97 Å². The second-order valence-electron chi connectivity index (χ2n) is 10.2. The average molecular weight is 597 g/mol. The first-order valence-electron chi connectivity index (χ1n) is 14.5. The first-order chi connectivity index (χ1) is 20.9. The Hall–Kier alpha value is -3.38. The SMILES string of the molecule is CC(C)(N)c1ccc(-c2cccnc2)c(OCCOCCOCCOCCOCCOCC(=O)OCc2ccccc2)c1. The molecule has 10 heteroatoms. The van der Waals surface area contributed by atoms with Crippen LogP contribution in [-0.4, -0.2) is 83.6 Å². The van der Waals surface area contributed by atoms with E-state index in [2.05, 4.69) is 4.98 Å². The maximum Gasteiger partial charge on any atom is 0.332 e. The van der Waals surface area contributed by atoms with Crippen LogP contribution in [0.4, 0.5) is 0 Å². The maximum atomic E-state index is 11.7. The highest BCUT2D eigenvalue weighted by molar-refractivity contribution is 5.71. The maximum absolute atomic E-state index is 11.7. The highest BCUT2D eigenvalue weighted by Gasteiger charge is 2.17. The summed E-state index contributed by atoms with van der Waals surface area (Å²) in [6.07, 6.45) is 3.56. The highest BCUT2D eigenvalue weighted by atomic mass is 16.6. The fourth-order valence-electron chi connectivity index (χ4n) is 3.83. The van der Waals surface area contributed by atoms with Crippen LogP contribution in [0.3, 0.4) is 0 Å². The summed E-state index contributed by atoms with van der Waals surface area (Å²) in [7, 11) is 0. The molecule has 0 bridgehead atoms. The van der Waals surface area contributed by atoms with Gasteiger partial charge >= 0.3 is 5.97 Å². The van der Waals surface area contributed by atoms with Crippen LogP contribution >= 0.6 is 0 Å². The van der Waals surface area contributed by atoms with Crippen LogP contribution in [0.5, 0.6) is 5.75 Å². The molecule has 1 aromatic heterocycles. The van der Waals surface area contributed by atoms with Gasteiger partial charge in [0, 0.05) is 29.1 Å². The van der Waals surface area contributed by atoms with E-state index in [0.29, 0.717) is 66.1 Å². The normalized spacial score (nSPS) is 11.4. The van der Waals surface area contributed by atoms with Crippen LogP contribution in [0.2, 0.25) is 0 Å². The van der Waals surface area contributed by atoms with Gasteiger partial charge in [0.25, 0.3) is 0 Å².